The molecule has 1 aliphatic heterocycles. The van der Waals surface area contributed by atoms with Gasteiger partial charge in [0.2, 0.25) is 0 Å². The first-order valence-electron chi connectivity index (χ1n) is 8.91. The van der Waals surface area contributed by atoms with Gasteiger partial charge in [0.05, 0.1) is 10.8 Å². The van der Waals surface area contributed by atoms with Crippen molar-refractivity contribution in [2.24, 2.45) is 4.99 Å². The van der Waals surface area contributed by atoms with Crippen LogP contribution >= 0.6 is 24.0 Å². The van der Waals surface area contributed by atoms with Crippen LogP contribution < -0.4 is 14.8 Å². The van der Waals surface area contributed by atoms with Crippen molar-refractivity contribution in [3.05, 3.63) is 54.1 Å². The quantitative estimate of drug-likeness (QED) is 0.364. The highest BCUT2D eigenvalue weighted by Crippen LogP contribution is 2.31. The number of hydrogen-bond donors (Lipinski definition) is 1. The standard InChI is InChI=1S/C20H25N3O3S.HI/c1-21-20(22-10-13-27(24)17-6-4-3-5-7-17)23(2)15-16-8-9-18-19(14-16)26-12-11-25-18;/h3-9,14H,10-13,15H2,1-2H3,(H,21,22);1H. The van der Waals surface area contributed by atoms with Crippen LogP contribution in [0.5, 0.6) is 11.5 Å². The van der Waals surface area contributed by atoms with Gasteiger partial charge in [0.1, 0.15) is 13.2 Å². The van der Waals surface area contributed by atoms with E-state index in [2.05, 4.69) is 10.3 Å². The molecule has 0 amide bonds. The monoisotopic (exact) mass is 515 g/mol. The van der Waals surface area contributed by atoms with Crippen molar-refractivity contribution in [1.82, 2.24) is 10.2 Å². The minimum Gasteiger partial charge on any atom is -0.486 e. The van der Waals surface area contributed by atoms with Gasteiger partial charge in [-0.15, -0.1) is 24.0 Å². The topological polar surface area (TPSA) is 63.2 Å². The van der Waals surface area contributed by atoms with E-state index >= 15 is 0 Å². The van der Waals surface area contributed by atoms with Gasteiger partial charge in [-0.2, -0.15) is 0 Å². The zero-order valence-electron chi connectivity index (χ0n) is 16.1. The van der Waals surface area contributed by atoms with Crippen molar-refractivity contribution < 1.29 is 13.7 Å². The van der Waals surface area contributed by atoms with Crippen LogP contribution in [-0.2, 0) is 17.3 Å². The Labute approximate surface area is 185 Å². The van der Waals surface area contributed by atoms with Gasteiger partial charge >= 0.3 is 0 Å². The third-order valence-electron chi connectivity index (χ3n) is 4.18. The Balaban J connectivity index is 0.00000280. The first-order chi connectivity index (χ1) is 13.2. The molecule has 0 spiro atoms. The van der Waals surface area contributed by atoms with Crippen LogP contribution in [0.1, 0.15) is 5.56 Å². The maximum Gasteiger partial charge on any atom is 0.193 e. The molecule has 3 rings (SSSR count). The van der Waals surface area contributed by atoms with Crippen LogP contribution in [0.15, 0.2) is 58.4 Å². The minimum absolute atomic E-state index is 0. The SMILES string of the molecule is CN=C(NCCS(=O)c1ccccc1)N(C)Cc1ccc2c(c1)OCCO2.I. The molecule has 0 saturated heterocycles. The molecule has 0 fully saturated rings. The lowest BCUT2D eigenvalue weighted by Crippen LogP contribution is -2.40. The predicted octanol–water partition coefficient (Wildman–Crippen LogP) is 2.89. The summed E-state index contributed by atoms with van der Waals surface area (Å²) in [6, 6.07) is 15.5. The lowest BCUT2D eigenvalue weighted by atomic mass is 10.2. The lowest BCUT2D eigenvalue weighted by molar-refractivity contribution is 0.171. The van der Waals surface area contributed by atoms with Crippen molar-refractivity contribution in [3.8, 4) is 11.5 Å². The molecule has 1 atom stereocenters. The molecule has 0 aliphatic carbocycles. The third kappa shape index (κ3) is 6.10. The molecule has 0 bridgehead atoms. The fourth-order valence-electron chi connectivity index (χ4n) is 2.87. The van der Waals surface area contributed by atoms with Crippen LogP contribution in [0.2, 0.25) is 0 Å². The summed E-state index contributed by atoms with van der Waals surface area (Å²) in [6.45, 7) is 2.43. The zero-order chi connectivity index (χ0) is 19.1. The molecule has 2 aromatic carbocycles. The van der Waals surface area contributed by atoms with Crippen LogP contribution in [-0.4, -0.2) is 54.7 Å². The highest BCUT2D eigenvalue weighted by Gasteiger charge is 2.13. The smallest absolute Gasteiger partial charge is 0.193 e. The largest absolute Gasteiger partial charge is 0.486 e. The van der Waals surface area contributed by atoms with Crippen molar-refractivity contribution in [3.63, 3.8) is 0 Å². The molecule has 1 N–H and O–H groups in total. The van der Waals surface area contributed by atoms with Gasteiger partial charge in [0.15, 0.2) is 17.5 Å². The fraction of sp³-hybridized carbons (Fsp3) is 0.350. The number of guanidine groups is 1. The van der Waals surface area contributed by atoms with Crippen LogP contribution in [0.3, 0.4) is 0 Å². The van der Waals surface area contributed by atoms with E-state index in [4.69, 9.17) is 9.47 Å². The van der Waals surface area contributed by atoms with Crippen molar-refractivity contribution in [2.45, 2.75) is 11.4 Å². The second-order valence-corrected chi connectivity index (χ2v) is 7.74. The predicted molar refractivity (Wildman–Crippen MR) is 123 cm³/mol. The van der Waals surface area contributed by atoms with Crippen molar-refractivity contribution >= 4 is 40.7 Å². The Morgan fingerprint density at radius 2 is 1.86 bits per heavy atom. The summed E-state index contributed by atoms with van der Waals surface area (Å²) in [5.41, 5.74) is 1.11. The van der Waals surface area contributed by atoms with Gasteiger partial charge in [-0.25, -0.2) is 0 Å². The summed E-state index contributed by atoms with van der Waals surface area (Å²) in [6.07, 6.45) is 0. The molecule has 1 unspecified atom stereocenters. The molecule has 0 aromatic heterocycles. The fourth-order valence-corrected chi connectivity index (χ4v) is 3.85. The molecule has 0 radical (unpaired) electrons. The van der Waals surface area contributed by atoms with E-state index < -0.39 is 10.8 Å². The number of hydrogen-bond acceptors (Lipinski definition) is 4. The summed E-state index contributed by atoms with van der Waals surface area (Å²) in [5.74, 6) is 2.86. The maximum absolute atomic E-state index is 12.3. The van der Waals surface area contributed by atoms with Gasteiger partial charge < -0.3 is 19.7 Å². The second kappa shape index (κ2) is 11.3. The number of fused-ring (bicyclic) bond motifs is 1. The molecule has 1 heterocycles. The Morgan fingerprint density at radius 3 is 2.57 bits per heavy atom. The lowest BCUT2D eigenvalue weighted by Gasteiger charge is -2.23. The van der Waals surface area contributed by atoms with E-state index in [-0.39, 0.29) is 24.0 Å². The highest BCUT2D eigenvalue weighted by atomic mass is 127. The molecule has 8 heteroatoms. The summed E-state index contributed by atoms with van der Waals surface area (Å²) in [4.78, 5) is 7.19. The van der Waals surface area contributed by atoms with Crippen molar-refractivity contribution in [2.75, 3.05) is 39.6 Å². The average molecular weight is 515 g/mol. The average Bonchev–Trinajstić information content (AvgIpc) is 2.71. The molecule has 0 saturated carbocycles. The van der Waals surface area contributed by atoms with E-state index in [0.717, 1.165) is 27.9 Å². The van der Waals surface area contributed by atoms with Gasteiger partial charge in [-0.05, 0) is 29.8 Å². The van der Waals surface area contributed by atoms with Gasteiger partial charge in [0, 0.05) is 37.8 Å². The van der Waals surface area contributed by atoms with E-state index in [1.165, 1.54) is 0 Å². The summed E-state index contributed by atoms with van der Waals surface area (Å²) >= 11 is 0. The van der Waals surface area contributed by atoms with Gasteiger partial charge in [-0.1, -0.05) is 24.3 Å². The number of rotatable bonds is 6. The molecule has 1 aliphatic rings. The van der Waals surface area contributed by atoms with E-state index in [0.29, 0.717) is 32.1 Å². The second-order valence-electron chi connectivity index (χ2n) is 6.17. The van der Waals surface area contributed by atoms with E-state index in [9.17, 15) is 4.21 Å². The number of ether oxygens (including phenoxy) is 2. The van der Waals surface area contributed by atoms with E-state index in [1.807, 2.05) is 60.5 Å². The van der Waals surface area contributed by atoms with E-state index in [1.54, 1.807) is 7.05 Å². The van der Waals surface area contributed by atoms with Crippen molar-refractivity contribution in [1.29, 1.82) is 0 Å². The first-order valence-corrected chi connectivity index (χ1v) is 10.2. The number of halogens is 1. The molecular weight excluding hydrogens is 489 g/mol. The Kier molecular flexibility index (Phi) is 9.04. The summed E-state index contributed by atoms with van der Waals surface area (Å²) in [5, 5.41) is 3.28. The van der Waals surface area contributed by atoms with Crippen LogP contribution in [0.25, 0.3) is 0 Å². The molecular formula is C20H26IN3O3S. The maximum atomic E-state index is 12.3. The molecule has 28 heavy (non-hydrogen) atoms. The Morgan fingerprint density at radius 1 is 1.14 bits per heavy atom. The third-order valence-corrected chi connectivity index (χ3v) is 5.55. The zero-order valence-corrected chi connectivity index (χ0v) is 19.2. The normalized spacial score (nSPS) is 14.0. The minimum atomic E-state index is -1.02. The first kappa shape index (κ1) is 22.5. The number of nitrogens with one attached hydrogen (secondary N) is 1. The van der Waals surface area contributed by atoms with Gasteiger partial charge in [0.25, 0.3) is 0 Å². The molecule has 6 nitrogen and oxygen atoms in total. The highest BCUT2D eigenvalue weighted by molar-refractivity contribution is 14.0. The Bertz CT molecular complexity index is 818. The van der Waals surface area contributed by atoms with Gasteiger partial charge in [-0.3, -0.25) is 9.20 Å². The molecule has 152 valence electrons. The van der Waals surface area contributed by atoms with Crippen LogP contribution in [0.4, 0.5) is 0 Å². The molecule has 2 aromatic rings. The number of nitrogens with zero attached hydrogens (tertiary/aromatic N) is 2. The van der Waals surface area contributed by atoms with Crippen LogP contribution in [0, 0.1) is 0 Å². The number of benzene rings is 2. The number of aliphatic imine (C=N–C) groups is 1. The summed E-state index contributed by atoms with van der Waals surface area (Å²) in [7, 11) is 2.70. The Hall–Kier alpha value is -1.81. The summed E-state index contributed by atoms with van der Waals surface area (Å²) < 4.78 is 23.5.